The molecule has 0 saturated heterocycles. The zero-order valence-electron chi connectivity index (χ0n) is 8.43. The normalized spacial score (nSPS) is 25.9. The van der Waals surface area contributed by atoms with Crippen molar-refractivity contribution in [1.29, 1.82) is 0 Å². The van der Waals surface area contributed by atoms with E-state index in [1.54, 1.807) is 0 Å². The molecule has 1 saturated carbocycles. The Morgan fingerprint density at radius 3 is 2.71 bits per heavy atom. The third kappa shape index (κ3) is 2.64. The second-order valence-electron chi connectivity index (χ2n) is 3.67. The van der Waals surface area contributed by atoms with Crippen LogP contribution in [0.15, 0.2) is 0 Å². The number of carbonyl (C=O) groups is 1. The summed E-state index contributed by atoms with van der Waals surface area (Å²) in [7, 11) is 2.79. The van der Waals surface area contributed by atoms with Gasteiger partial charge in [0.1, 0.15) is 0 Å². The third-order valence-corrected chi connectivity index (χ3v) is 2.57. The lowest BCUT2D eigenvalue weighted by molar-refractivity contribution is -0.178. The summed E-state index contributed by atoms with van der Waals surface area (Å²) in [4.78, 5) is 16.2. The number of alkyl halides is 2. The lowest BCUT2D eigenvalue weighted by Crippen LogP contribution is -2.38. The molecule has 1 fully saturated rings. The van der Waals surface area contributed by atoms with Crippen LogP contribution < -0.4 is 0 Å². The molecule has 3 nitrogen and oxygen atoms in total. The number of hydroxylamine groups is 2. The first-order valence-corrected chi connectivity index (χ1v) is 4.66. The van der Waals surface area contributed by atoms with Crippen LogP contribution in [0.4, 0.5) is 8.78 Å². The maximum absolute atomic E-state index is 13.0. The largest absolute Gasteiger partial charge is 0.275 e. The SMILES string of the molecule is CON(C)C(=O)[C@H]1CCCC(F)(F)C1. The van der Waals surface area contributed by atoms with Crippen molar-refractivity contribution in [3.05, 3.63) is 0 Å². The first-order chi connectivity index (χ1) is 6.46. The lowest BCUT2D eigenvalue weighted by Gasteiger charge is -2.29. The molecule has 1 aliphatic carbocycles. The number of halogens is 2. The Labute approximate surface area is 82.0 Å². The summed E-state index contributed by atoms with van der Waals surface area (Å²) in [5.74, 6) is -3.64. The number of hydrogen-bond acceptors (Lipinski definition) is 2. The van der Waals surface area contributed by atoms with Gasteiger partial charge in [0.15, 0.2) is 0 Å². The molecule has 1 atom stereocenters. The molecule has 0 aromatic rings. The van der Waals surface area contributed by atoms with Crippen LogP contribution in [0.25, 0.3) is 0 Å². The van der Waals surface area contributed by atoms with E-state index >= 15 is 0 Å². The molecule has 1 amide bonds. The fraction of sp³-hybridized carbons (Fsp3) is 0.889. The van der Waals surface area contributed by atoms with E-state index in [1.807, 2.05) is 0 Å². The Hall–Kier alpha value is -0.710. The molecule has 0 spiro atoms. The molecular weight excluding hydrogens is 192 g/mol. The van der Waals surface area contributed by atoms with Crippen molar-refractivity contribution < 1.29 is 18.4 Å². The van der Waals surface area contributed by atoms with Gasteiger partial charge in [0.2, 0.25) is 11.8 Å². The molecule has 5 heteroatoms. The molecule has 0 radical (unpaired) electrons. The van der Waals surface area contributed by atoms with Gasteiger partial charge in [0.05, 0.1) is 7.11 Å². The van der Waals surface area contributed by atoms with Crippen LogP contribution in [0.2, 0.25) is 0 Å². The molecule has 0 unspecified atom stereocenters. The number of nitrogens with zero attached hydrogens (tertiary/aromatic N) is 1. The van der Waals surface area contributed by atoms with Crippen LogP contribution in [0, 0.1) is 5.92 Å². The Morgan fingerprint density at radius 2 is 2.21 bits per heavy atom. The van der Waals surface area contributed by atoms with Crippen LogP contribution in [-0.4, -0.2) is 31.1 Å². The predicted octanol–water partition coefficient (Wildman–Crippen LogP) is 1.83. The molecule has 1 rings (SSSR count). The van der Waals surface area contributed by atoms with E-state index in [1.165, 1.54) is 14.2 Å². The number of amides is 1. The number of rotatable bonds is 2. The quantitative estimate of drug-likeness (QED) is 0.646. The van der Waals surface area contributed by atoms with E-state index in [9.17, 15) is 13.6 Å². The van der Waals surface area contributed by atoms with E-state index in [2.05, 4.69) is 4.84 Å². The first kappa shape index (κ1) is 11.4. The Morgan fingerprint density at radius 1 is 1.57 bits per heavy atom. The fourth-order valence-corrected chi connectivity index (χ4v) is 1.73. The van der Waals surface area contributed by atoms with Gasteiger partial charge in [-0.2, -0.15) is 0 Å². The molecule has 14 heavy (non-hydrogen) atoms. The van der Waals surface area contributed by atoms with Crippen molar-refractivity contribution in [2.75, 3.05) is 14.2 Å². The van der Waals surface area contributed by atoms with Gasteiger partial charge in [-0.1, -0.05) is 0 Å². The summed E-state index contributed by atoms with van der Waals surface area (Å²) in [5, 5.41) is 1.02. The van der Waals surface area contributed by atoms with E-state index in [-0.39, 0.29) is 18.7 Å². The number of hydrogen-bond donors (Lipinski definition) is 0. The van der Waals surface area contributed by atoms with Gasteiger partial charge in [0.25, 0.3) is 0 Å². The Balaban J connectivity index is 2.56. The highest BCUT2D eigenvalue weighted by molar-refractivity contribution is 5.77. The minimum atomic E-state index is -2.69. The van der Waals surface area contributed by atoms with Gasteiger partial charge >= 0.3 is 0 Å². The lowest BCUT2D eigenvalue weighted by atomic mass is 9.86. The minimum absolute atomic E-state index is 0.104. The molecule has 82 valence electrons. The molecule has 0 aromatic heterocycles. The summed E-state index contributed by atoms with van der Waals surface area (Å²) >= 11 is 0. The summed E-state index contributed by atoms with van der Waals surface area (Å²) in [5.41, 5.74) is 0. The van der Waals surface area contributed by atoms with E-state index in [0.29, 0.717) is 12.8 Å². The Kier molecular flexibility index (Phi) is 3.42. The van der Waals surface area contributed by atoms with Gasteiger partial charge in [-0.05, 0) is 12.8 Å². The summed E-state index contributed by atoms with van der Waals surface area (Å²) in [6, 6.07) is 0. The maximum atomic E-state index is 13.0. The predicted molar refractivity (Wildman–Crippen MR) is 46.7 cm³/mol. The average molecular weight is 207 g/mol. The van der Waals surface area contributed by atoms with Gasteiger partial charge in [-0.25, -0.2) is 13.8 Å². The molecular formula is C9H15F2NO2. The maximum Gasteiger partial charge on any atom is 0.249 e. The number of carbonyl (C=O) groups excluding carboxylic acids is 1. The van der Waals surface area contributed by atoms with Crippen LogP contribution in [-0.2, 0) is 9.63 Å². The van der Waals surface area contributed by atoms with Crippen LogP contribution in [0.3, 0.4) is 0 Å². The highest BCUT2D eigenvalue weighted by Crippen LogP contribution is 2.37. The van der Waals surface area contributed by atoms with Crippen molar-refractivity contribution in [3.63, 3.8) is 0 Å². The molecule has 0 aliphatic heterocycles. The summed E-state index contributed by atoms with van der Waals surface area (Å²) in [6.45, 7) is 0. The summed E-state index contributed by atoms with van der Waals surface area (Å²) in [6.07, 6.45) is 0.482. The smallest absolute Gasteiger partial charge is 0.249 e. The van der Waals surface area contributed by atoms with Crippen molar-refractivity contribution in [2.45, 2.75) is 31.6 Å². The van der Waals surface area contributed by atoms with E-state index < -0.39 is 11.8 Å². The highest BCUT2D eigenvalue weighted by Gasteiger charge is 2.40. The van der Waals surface area contributed by atoms with Crippen LogP contribution in [0.1, 0.15) is 25.7 Å². The first-order valence-electron chi connectivity index (χ1n) is 4.66. The second-order valence-corrected chi connectivity index (χ2v) is 3.67. The molecule has 0 heterocycles. The van der Waals surface area contributed by atoms with Crippen LogP contribution >= 0.6 is 0 Å². The standard InChI is InChI=1S/C9H15F2NO2/c1-12(14-2)8(13)7-4-3-5-9(10,11)6-7/h7H,3-6H2,1-2H3/t7-/m0/s1. The minimum Gasteiger partial charge on any atom is -0.275 e. The molecule has 0 N–H and O–H groups in total. The second kappa shape index (κ2) is 4.21. The molecule has 1 aliphatic rings. The van der Waals surface area contributed by atoms with Crippen molar-refractivity contribution in [2.24, 2.45) is 5.92 Å². The van der Waals surface area contributed by atoms with E-state index in [0.717, 1.165) is 5.06 Å². The van der Waals surface area contributed by atoms with Gasteiger partial charge in [-0.3, -0.25) is 9.63 Å². The summed E-state index contributed by atoms with van der Waals surface area (Å²) < 4.78 is 25.9. The highest BCUT2D eigenvalue weighted by atomic mass is 19.3. The fourth-order valence-electron chi connectivity index (χ4n) is 1.73. The van der Waals surface area contributed by atoms with Crippen molar-refractivity contribution in [3.8, 4) is 0 Å². The zero-order valence-corrected chi connectivity index (χ0v) is 8.43. The van der Waals surface area contributed by atoms with Gasteiger partial charge in [-0.15, -0.1) is 0 Å². The third-order valence-electron chi connectivity index (χ3n) is 2.57. The van der Waals surface area contributed by atoms with Crippen molar-refractivity contribution in [1.82, 2.24) is 5.06 Å². The molecule has 0 bridgehead atoms. The topological polar surface area (TPSA) is 29.5 Å². The average Bonchev–Trinajstić information content (AvgIpc) is 2.14. The van der Waals surface area contributed by atoms with Gasteiger partial charge < -0.3 is 0 Å². The Bertz CT molecular complexity index is 221. The van der Waals surface area contributed by atoms with Crippen molar-refractivity contribution >= 4 is 5.91 Å². The molecule has 0 aromatic carbocycles. The van der Waals surface area contributed by atoms with E-state index in [4.69, 9.17) is 0 Å². The zero-order chi connectivity index (χ0) is 10.8. The van der Waals surface area contributed by atoms with Crippen LogP contribution in [0.5, 0.6) is 0 Å². The monoisotopic (exact) mass is 207 g/mol. The van der Waals surface area contributed by atoms with Gasteiger partial charge in [0, 0.05) is 25.8 Å².